The molecule has 1 aliphatic heterocycles. The number of amides is 3. The monoisotopic (exact) mass is 558 g/mol. The number of thioether (sulfide) groups is 1. The lowest BCUT2D eigenvalue weighted by molar-refractivity contribution is -0.121. The van der Waals surface area contributed by atoms with Crippen molar-refractivity contribution in [2.24, 2.45) is 0 Å². The largest absolute Gasteiger partial charge is 0.452 e. The number of thiazole rings is 1. The van der Waals surface area contributed by atoms with Crippen LogP contribution in [-0.4, -0.2) is 40.5 Å². The third kappa shape index (κ3) is 6.16. The van der Waals surface area contributed by atoms with Crippen LogP contribution in [-0.2, 0) is 19.1 Å². The zero-order valence-corrected chi connectivity index (χ0v) is 22.0. The predicted octanol–water partition coefficient (Wildman–Crippen LogP) is 4.61. The zero-order chi connectivity index (χ0) is 27.4. The van der Waals surface area contributed by atoms with Crippen LogP contribution in [0.2, 0.25) is 0 Å². The number of nitrogen functional groups attached to an aromatic ring is 1. The van der Waals surface area contributed by atoms with E-state index >= 15 is 0 Å². The van der Waals surface area contributed by atoms with Gasteiger partial charge >= 0.3 is 5.97 Å². The van der Waals surface area contributed by atoms with Crippen molar-refractivity contribution in [3.63, 3.8) is 0 Å². The fraction of sp³-hybridized carbons (Fsp3) is 0.107. The molecule has 0 saturated carbocycles. The summed E-state index contributed by atoms with van der Waals surface area (Å²) in [5.74, 6) is -1.90. The first-order valence-electron chi connectivity index (χ1n) is 11.8. The van der Waals surface area contributed by atoms with Crippen LogP contribution in [0.15, 0.2) is 89.1 Å². The Morgan fingerprint density at radius 2 is 1.82 bits per heavy atom. The van der Waals surface area contributed by atoms with Crippen molar-refractivity contribution < 1.29 is 23.9 Å². The van der Waals surface area contributed by atoms with Gasteiger partial charge in [-0.3, -0.25) is 19.7 Å². The minimum absolute atomic E-state index is 0.0587. The Labute approximate surface area is 232 Å². The van der Waals surface area contributed by atoms with Gasteiger partial charge in [-0.2, -0.15) is 0 Å². The molecule has 11 heteroatoms. The molecule has 1 atom stereocenters. The number of esters is 1. The average molecular weight is 559 g/mol. The van der Waals surface area contributed by atoms with Gasteiger partial charge in [-0.15, -0.1) is 23.1 Å². The quantitative estimate of drug-likeness (QED) is 0.182. The van der Waals surface area contributed by atoms with E-state index in [2.05, 4.69) is 10.3 Å². The number of nitrogens with two attached hydrogens (primary N) is 1. The average Bonchev–Trinajstić information content (AvgIpc) is 3.51. The number of hydrogen-bond acceptors (Lipinski definition) is 9. The van der Waals surface area contributed by atoms with E-state index in [1.165, 1.54) is 47.4 Å². The van der Waals surface area contributed by atoms with Crippen molar-refractivity contribution in [3.05, 3.63) is 89.8 Å². The van der Waals surface area contributed by atoms with Gasteiger partial charge in [0.1, 0.15) is 0 Å². The highest BCUT2D eigenvalue weighted by atomic mass is 32.2. The molecule has 1 aromatic heterocycles. The molecule has 2 heterocycles. The number of rotatable bonds is 8. The molecule has 196 valence electrons. The first kappa shape index (κ1) is 26.1. The van der Waals surface area contributed by atoms with Crippen molar-refractivity contribution in [3.8, 4) is 11.3 Å². The first-order chi connectivity index (χ1) is 18.9. The number of carbonyl (C=O) groups is 4. The van der Waals surface area contributed by atoms with Gasteiger partial charge in [0.25, 0.3) is 5.91 Å². The van der Waals surface area contributed by atoms with Gasteiger partial charge in [0.15, 0.2) is 11.7 Å². The topological polar surface area (TPSA) is 132 Å². The maximum atomic E-state index is 12.9. The summed E-state index contributed by atoms with van der Waals surface area (Å²) in [6, 6.07) is 22.6. The third-order valence-corrected chi connectivity index (χ3v) is 7.69. The van der Waals surface area contributed by atoms with Gasteiger partial charge in [0.05, 0.1) is 22.2 Å². The normalized spacial score (nSPS) is 14.9. The van der Waals surface area contributed by atoms with Crippen molar-refractivity contribution in [2.75, 3.05) is 22.6 Å². The van der Waals surface area contributed by atoms with Gasteiger partial charge < -0.3 is 10.5 Å². The van der Waals surface area contributed by atoms with Gasteiger partial charge in [0, 0.05) is 27.9 Å². The van der Waals surface area contributed by atoms with E-state index in [0.717, 1.165) is 21.1 Å². The molecule has 1 saturated heterocycles. The molecule has 0 spiro atoms. The van der Waals surface area contributed by atoms with Crippen LogP contribution >= 0.6 is 23.1 Å². The number of aromatic nitrogens is 1. The number of nitrogens with zero attached hydrogens (tertiary/aromatic N) is 2. The Bertz CT molecular complexity index is 1540. The molecule has 5 rings (SSSR count). The second-order valence-corrected chi connectivity index (χ2v) is 10.7. The van der Waals surface area contributed by atoms with Crippen molar-refractivity contribution in [1.29, 1.82) is 0 Å². The van der Waals surface area contributed by atoms with Crippen LogP contribution in [0.5, 0.6) is 0 Å². The van der Waals surface area contributed by atoms with Crippen LogP contribution in [0, 0.1) is 0 Å². The smallest absolute Gasteiger partial charge is 0.338 e. The summed E-state index contributed by atoms with van der Waals surface area (Å²) in [6.07, 6.45) is 0.0587. The SMILES string of the molecule is Nc1cccc(SC2CC(=O)N(c3ccc(C(=O)OCC(=O)Nc4nc(-c5ccccc5)cs4)cc3)C2=O)c1. The fourth-order valence-electron chi connectivity index (χ4n) is 3.91. The van der Waals surface area contributed by atoms with Gasteiger partial charge in [-0.05, 0) is 42.5 Å². The zero-order valence-electron chi connectivity index (χ0n) is 20.4. The second-order valence-electron chi connectivity index (χ2n) is 8.53. The number of benzene rings is 3. The minimum Gasteiger partial charge on any atom is -0.452 e. The summed E-state index contributed by atoms with van der Waals surface area (Å²) in [5, 5.41) is 4.28. The van der Waals surface area contributed by atoms with Crippen LogP contribution in [0.25, 0.3) is 11.3 Å². The summed E-state index contributed by atoms with van der Waals surface area (Å²) in [7, 11) is 0. The van der Waals surface area contributed by atoms with E-state index in [1.807, 2.05) is 41.8 Å². The molecule has 0 aliphatic carbocycles. The molecular weight excluding hydrogens is 536 g/mol. The first-order valence-corrected chi connectivity index (χ1v) is 13.6. The lowest BCUT2D eigenvalue weighted by Crippen LogP contribution is -2.31. The van der Waals surface area contributed by atoms with Gasteiger partial charge in [-0.25, -0.2) is 14.7 Å². The van der Waals surface area contributed by atoms with E-state index < -0.39 is 23.7 Å². The standard InChI is InChI=1S/C28H22N4O5S2/c29-19-7-4-8-21(13-19)39-23-14-25(34)32(26(23)35)20-11-9-18(10-12-20)27(36)37-15-24(33)31-28-30-22(16-38-28)17-5-2-1-3-6-17/h1-13,16,23H,14-15,29H2,(H,30,31,33). The maximum Gasteiger partial charge on any atom is 0.338 e. The van der Waals surface area contributed by atoms with Crippen LogP contribution in [0.4, 0.5) is 16.5 Å². The lowest BCUT2D eigenvalue weighted by Gasteiger charge is -2.15. The Hall–Kier alpha value is -4.48. The molecule has 3 amide bonds. The summed E-state index contributed by atoms with van der Waals surface area (Å²) >= 11 is 2.55. The summed E-state index contributed by atoms with van der Waals surface area (Å²) in [5.41, 5.74) is 8.58. The van der Waals surface area contributed by atoms with E-state index in [1.54, 1.807) is 18.2 Å². The summed E-state index contributed by atoms with van der Waals surface area (Å²) in [4.78, 5) is 56.6. The number of hydrogen-bond donors (Lipinski definition) is 2. The number of carbonyl (C=O) groups excluding carboxylic acids is 4. The molecule has 1 fully saturated rings. The molecule has 1 unspecified atom stereocenters. The van der Waals surface area contributed by atoms with Crippen LogP contribution < -0.4 is 16.0 Å². The Kier molecular flexibility index (Phi) is 7.71. The number of nitrogens with one attached hydrogen (secondary N) is 1. The van der Waals surface area contributed by atoms with E-state index in [-0.39, 0.29) is 23.8 Å². The lowest BCUT2D eigenvalue weighted by atomic mass is 10.2. The number of anilines is 3. The summed E-state index contributed by atoms with van der Waals surface area (Å²) in [6.45, 7) is -0.493. The molecule has 0 radical (unpaired) electrons. The van der Waals surface area contributed by atoms with Crippen molar-refractivity contribution in [1.82, 2.24) is 4.98 Å². The third-order valence-electron chi connectivity index (χ3n) is 5.76. The molecule has 0 bridgehead atoms. The fourth-order valence-corrected chi connectivity index (χ4v) is 5.77. The molecular formula is C28H22N4O5S2. The van der Waals surface area contributed by atoms with E-state index in [9.17, 15) is 19.2 Å². The second kappa shape index (κ2) is 11.5. The maximum absolute atomic E-state index is 12.9. The van der Waals surface area contributed by atoms with E-state index in [4.69, 9.17) is 10.5 Å². The predicted molar refractivity (Wildman–Crippen MR) is 151 cm³/mol. The van der Waals surface area contributed by atoms with Gasteiger partial charge in [0.2, 0.25) is 11.8 Å². The Morgan fingerprint density at radius 3 is 2.56 bits per heavy atom. The Balaban J connectivity index is 1.14. The Morgan fingerprint density at radius 1 is 1.05 bits per heavy atom. The molecule has 3 N–H and O–H groups in total. The number of ether oxygens (including phenoxy) is 1. The van der Waals surface area contributed by atoms with Crippen LogP contribution in [0.1, 0.15) is 16.8 Å². The number of imide groups is 1. The highest BCUT2D eigenvalue weighted by molar-refractivity contribution is 8.00. The minimum atomic E-state index is -0.713. The van der Waals surface area contributed by atoms with Gasteiger partial charge in [-0.1, -0.05) is 36.4 Å². The van der Waals surface area contributed by atoms with E-state index in [0.29, 0.717) is 16.5 Å². The molecule has 1 aliphatic rings. The van der Waals surface area contributed by atoms with Crippen molar-refractivity contribution in [2.45, 2.75) is 16.6 Å². The van der Waals surface area contributed by atoms with Crippen molar-refractivity contribution >= 4 is 63.3 Å². The molecule has 39 heavy (non-hydrogen) atoms. The molecule has 4 aromatic rings. The highest BCUT2D eigenvalue weighted by Gasteiger charge is 2.40. The molecule has 3 aromatic carbocycles. The molecule has 9 nitrogen and oxygen atoms in total. The highest BCUT2D eigenvalue weighted by Crippen LogP contribution is 2.34. The van der Waals surface area contributed by atoms with Crippen LogP contribution in [0.3, 0.4) is 0 Å². The summed E-state index contributed by atoms with van der Waals surface area (Å²) < 4.78 is 5.12.